The van der Waals surface area contributed by atoms with Crippen LogP contribution in [0.1, 0.15) is 0 Å². The van der Waals surface area contributed by atoms with Crippen molar-refractivity contribution in [2.75, 3.05) is 0 Å². The maximum atomic E-state index is 2.53. The van der Waals surface area contributed by atoms with Gasteiger partial charge in [-0.1, -0.05) is 0 Å². The van der Waals surface area contributed by atoms with Crippen molar-refractivity contribution < 1.29 is 0 Å². The summed E-state index contributed by atoms with van der Waals surface area (Å²) in [5.41, 5.74) is 0. The molecule has 0 saturated carbocycles. The van der Waals surface area contributed by atoms with Crippen molar-refractivity contribution in [1.82, 2.24) is 0 Å². The van der Waals surface area contributed by atoms with Crippen LogP contribution in [0.25, 0.3) is 57.9 Å². The Balaban J connectivity index is 1.64. The summed E-state index contributed by atoms with van der Waals surface area (Å²) in [6, 6.07) is 28.0. The molecule has 0 nitrogen and oxygen atoms in total. The van der Waals surface area contributed by atoms with E-state index in [1.807, 2.05) is 0 Å². The summed E-state index contributed by atoms with van der Waals surface area (Å²) < 4.78 is 9.38. The van der Waals surface area contributed by atoms with Crippen LogP contribution in [0, 0.1) is 0 Å². The van der Waals surface area contributed by atoms with Gasteiger partial charge in [0.1, 0.15) is 0 Å². The van der Waals surface area contributed by atoms with Gasteiger partial charge in [-0.15, -0.1) is 0 Å². The summed E-state index contributed by atoms with van der Waals surface area (Å²) >= 11 is 1.32. The molecule has 3 heteroatoms. The topological polar surface area (TPSA) is 0 Å². The molecule has 0 N–H and O–H groups in total. The SMILES string of the molecule is c1ccc2c(c1)[se]c1cc3c(cc12)[se]c1cc2c(cc13)[se]c1ccccc12. The molecule has 0 radical (unpaired) electrons. The Morgan fingerprint density at radius 2 is 0.667 bits per heavy atom. The zero-order valence-corrected chi connectivity index (χ0v) is 19.3. The Hall–Kier alpha value is -1.56. The van der Waals surface area contributed by atoms with Crippen molar-refractivity contribution in [2.24, 2.45) is 0 Å². The monoisotopic (exact) mass is 540 g/mol. The molecule has 3 heterocycles. The summed E-state index contributed by atoms with van der Waals surface area (Å²) in [5, 5.41) is 8.99. The van der Waals surface area contributed by atoms with Crippen LogP contribution < -0.4 is 0 Å². The van der Waals surface area contributed by atoms with Crippen molar-refractivity contribution in [3.05, 3.63) is 72.8 Å². The average molecular weight is 537 g/mol. The van der Waals surface area contributed by atoms with Crippen LogP contribution in [0.2, 0.25) is 0 Å². The van der Waals surface area contributed by atoms with Gasteiger partial charge in [0.2, 0.25) is 0 Å². The molecule has 0 amide bonds. The zero-order chi connectivity index (χ0) is 17.5. The quantitative estimate of drug-likeness (QED) is 0.216. The first kappa shape index (κ1) is 15.4. The molecule has 0 fully saturated rings. The van der Waals surface area contributed by atoms with Gasteiger partial charge in [-0.2, -0.15) is 0 Å². The minimum absolute atomic E-state index is 0.420. The molecule has 0 saturated heterocycles. The molecule has 0 aliphatic heterocycles. The number of hydrogen-bond acceptors (Lipinski definition) is 0. The molecule has 4 aromatic carbocycles. The molecule has 7 aromatic rings. The third-order valence-corrected chi connectivity index (χ3v) is 12.6. The first-order valence-electron chi connectivity index (χ1n) is 8.94. The fourth-order valence-corrected chi connectivity index (χ4v) is 11.3. The normalized spacial score (nSPS) is 12.4. The molecule has 0 atom stereocenters. The van der Waals surface area contributed by atoms with Gasteiger partial charge in [0.25, 0.3) is 0 Å². The molecule has 7 rings (SSSR count). The van der Waals surface area contributed by atoms with Crippen molar-refractivity contribution in [3.8, 4) is 0 Å². The van der Waals surface area contributed by atoms with E-state index < -0.39 is 0 Å². The molecular weight excluding hydrogens is 525 g/mol. The standard InChI is InChI=1S/C24H12Se3/c1-3-7-19-13(5-1)15-9-23-17(11-21(15)25-19)18-12-22-16(10-24(18)27-23)14-6-2-4-8-20(14)26-22/h1-12H. The van der Waals surface area contributed by atoms with E-state index in [4.69, 9.17) is 0 Å². The van der Waals surface area contributed by atoms with E-state index in [2.05, 4.69) is 72.8 Å². The van der Waals surface area contributed by atoms with E-state index in [-0.39, 0.29) is 0 Å². The Morgan fingerprint density at radius 1 is 0.333 bits per heavy atom. The predicted molar refractivity (Wildman–Crippen MR) is 122 cm³/mol. The van der Waals surface area contributed by atoms with Gasteiger partial charge in [0.05, 0.1) is 0 Å². The second-order valence-electron chi connectivity index (χ2n) is 6.99. The second kappa shape index (κ2) is 5.49. The van der Waals surface area contributed by atoms with Crippen molar-refractivity contribution in [3.63, 3.8) is 0 Å². The molecule has 0 unspecified atom stereocenters. The van der Waals surface area contributed by atoms with E-state index in [9.17, 15) is 0 Å². The Labute approximate surface area is 173 Å². The molecule has 0 bridgehead atoms. The minimum atomic E-state index is 0.420. The molecule has 0 aliphatic carbocycles. The fraction of sp³-hybridized carbons (Fsp3) is 0. The van der Waals surface area contributed by atoms with Crippen LogP contribution >= 0.6 is 0 Å². The van der Waals surface area contributed by atoms with Gasteiger partial charge in [0, 0.05) is 0 Å². The second-order valence-corrected chi connectivity index (χ2v) is 13.8. The summed E-state index contributed by atoms with van der Waals surface area (Å²) in [6.45, 7) is 0. The molecular formula is C24H12Se3. The Morgan fingerprint density at radius 3 is 1.11 bits per heavy atom. The third-order valence-electron chi connectivity index (χ3n) is 5.47. The summed E-state index contributed by atoms with van der Waals surface area (Å²) in [5.74, 6) is 0. The van der Waals surface area contributed by atoms with E-state index in [1.54, 1.807) is 25.6 Å². The van der Waals surface area contributed by atoms with Crippen LogP contribution in [0.3, 0.4) is 0 Å². The molecule has 0 spiro atoms. The van der Waals surface area contributed by atoms with Gasteiger partial charge < -0.3 is 0 Å². The maximum absolute atomic E-state index is 2.53. The first-order chi connectivity index (χ1) is 13.3. The fourth-order valence-electron chi connectivity index (χ4n) is 4.21. The van der Waals surface area contributed by atoms with Crippen LogP contribution in [0.15, 0.2) is 72.8 Å². The van der Waals surface area contributed by atoms with Gasteiger partial charge in [-0.05, 0) is 0 Å². The van der Waals surface area contributed by atoms with Gasteiger partial charge in [-0.3, -0.25) is 0 Å². The van der Waals surface area contributed by atoms with E-state index >= 15 is 0 Å². The summed E-state index contributed by atoms with van der Waals surface area (Å²) in [4.78, 5) is 0. The predicted octanol–water partition coefficient (Wildman–Crippen LogP) is 5.78. The van der Waals surface area contributed by atoms with Crippen LogP contribution in [0.5, 0.6) is 0 Å². The van der Waals surface area contributed by atoms with E-state index in [0.29, 0.717) is 43.5 Å². The number of fused-ring (bicyclic) bond motifs is 9. The molecule has 0 aliphatic rings. The Kier molecular flexibility index (Phi) is 3.13. The summed E-state index contributed by atoms with van der Waals surface area (Å²) in [7, 11) is 0. The number of hydrogen-bond donors (Lipinski definition) is 0. The zero-order valence-electron chi connectivity index (χ0n) is 14.2. The van der Waals surface area contributed by atoms with Crippen molar-refractivity contribution in [1.29, 1.82) is 0 Å². The van der Waals surface area contributed by atoms with Crippen molar-refractivity contribution >= 4 is 101 Å². The molecule has 3 aromatic heterocycles. The van der Waals surface area contributed by atoms with Gasteiger partial charge in [-0.25, -0.2) is 0 Å². The van der Waals surface area contributed by atoms with Crippen LogP contribution in [0.4, 0.5) is 0 Å². The van der Waals surface area contributed by atoms with E-state index in [0.717, 1.165) is 0 Å². The first-order valence-corrected chi connectivity index (χ1v) is 14.1. The average Bonchev–Trinajstić information content (AvgIpc) is 3.35. The van der Waals surface area contributed by atoms with Crippen molar-refractivity contribution in [2.45, 2.75) is 0 Å². The molecule has 126 valence electrons. The van der Waals surface area contributed by atoms with Crippen LogP contribution in [-0.4, -0.2) is 43.5 Å². The van der Waals surface area contributed by atoms with Crippen LogP contribution in [-0.2, 0) is 0 Å². The molecule has 27 heavy (non-hydrogen) atoms. The Bertz CT molecular complexity index is 1550. The van der Waals surface area contributed by atoms with Gasteiger partial charge in [0.15, 0.2) is 0 Å². The third kappa shape index (κ3) is 2.11. The van der Waals surface area contributed by atoms with E-state index in [1.165, 1.54) is 32.3 Å². The van der Waals surface area contributed by atoms with Gasteiger partial charge >= 0.3 is 174 Å². The summed E-state index contributed by atoms with van der Waals surface area (Å²) in [6.07, 6.45) is 0. The number of rotatable bonds is 0. The number of benzene rings is 4.